The van der Waals surface area contributed by atoms with Crippen LogP contribution in [0.4, 0.5) is 10.7 Å². The van der Waals surface area contributed by atoms with Crippen LogP contribution in [0.5, 0.6) is 0 Å². The average molecular weight is 415 g/mol. The minimum absolute atomic E-state index is 0.0685. The topological polar surface area (TPSA) is 101 Å². The summed E-state index contributed by atoms with van der Waals surface area (Å²) in [5, 5.41) is 9.45. The van der Waals surface area contributed by atoms with Crippen LogP contribution in [0, 0.1) is 0 Å². The number of hydrogen-bond donors (Lipinski definition) is 2. The number of benzene rings is 1. The van der Waals surface area contributed by atoms with Gasteiger partial charge in [0.25, 0.3) is 0 Å². The third kappa shape index (κ3) is 6.84. The number of anilines is 1. The lowest BCUT2D eigenvalue weighted by Gasteiger charge is -2.22. The molecule has 1 fully saturated rings. The van der Waals surface area contributed by atoms with Crippen molar-refractivity contribution in [2.75, 3.05) is 19.4 Å². The van der Waals surface area contributed by atoms with Crippen LogP contribution >= 0.6 is 0 Å². The minimum atomic E-state index is -0.407. The van der Waals surface area contributed by atoms with Gasteiger partial charge in [0, 0.05) is 20.6 Å². The number of ether oxygens (including phenoxy) is 1. The molecule has 3 rings (SSSR count). The van der Waals surface area contributed by atoms with Crippen molar-refractivity contribution in [3.8, 4) is 0 Å². The van der Waals surface area contributed by atoms with Crippen LogP contribution in [0.15, 0.2) is 30.6 Å². The Labute approximate surface area is 176 Å². The number of nitrogens with zero attached hydrogens (tertiary/aromatic N) is 4. The number of carbonyl (C=O) groups excluding carboxylic acids is 2. The maximum atomic E-state index is 12.1. The Balaban J connectivity index is 1.43. The van der Waals surface area contributed by atoms with Crippen LogP contribution in [0.1, 0.15) is 43.2 Å². The number of rotatable bonds is 8. The molecule has 1 aromatic heterocycles. The van der Waals surface area contributed by atoms with Crippen LogP contribution < -0.4 is 10.6 Å². The van der Waals surface area contributed by atoms with Gasteiger partial charge in [0.15, 0.2) is 0 Å². The van der Waals surface area contributed by atoms with Gasteiger partial charge in [-0.2, -0.15) is 0 Å². The summed E-state index contributed by atoms with van der Waals surface area (Å²) in [4.78, 5) is 29.3. The smallest absolute Gasteiger partial charge is 0.321 e. The second kappa shape index (κ2) is 10.7. The van der Waals surface area contributed by atoms with E-state index >= 15 is 0 Å². The van der Waals surface area contributed by atoms with E-state index in [0.29, 0.717) is 19.3 Å². The monoisotopic (exact) mass is 414 g/mol. The first-order valence-electron chi connectivity index (χ1n) is 10.3. The molecule has 1 aromatic carbocycles. The average Bonchev–Trinajstić information content (AvgIpc) is 3.18. The second-order valence-corrected chi connectivity index (χ2v) is 7.75. The summed E-state index contributed by atoms with van der Waals surface area (Å²) in [5.74, 6) is 0.0388. The van der Waals surface area contributed by atoms with Crippen molar-refractivity contribution < 1.29 is 14.3 Å². The summed E-state index contributed by atoms with van der Waals surface area (Å²) in [5.41, 5.74) is 2.09. The highest BCUT2D eigenvalue weighted by Crippen LogP contribution is 2.21. The molecule has 3 amide bonds. The summed E-state index contributed by atoms with van der Waals surface area (Å²) >= 11 is 0. The molecule has 0 unspecified atom stereocenters. The lowest BCUT2D eigenvalue weighted by molar-refractivity contribution is -0.129. The van der Waals surface area contributed by atoms with Crippen LogP contribution in [0.25, 0.3) is 0 Å². The highest BCUT2D eigenvalue weighted by atomic mass is 16.5. The van der Waals surface area contributed by atoms with Gasteiger partial charge >= 0.3 is 6.03 Å². The van der Waals surface area contributed by atoms with E-state index in [1.165, 1.54) is 35.2 Å². The summed E-state index contributed by atoms with van der Waals surface area (Å²) in [6.07, 6.45) is 7.89. The van der Waals surface area contributed by atoms with Gasteiger partial charge in [-0.3, -0.25) is 10.1 Å². The largest absolute Gasteiger partial charge is 0.374 e. The van der Waals surface area contributed by atoms with E-state index in [9.17, 15) is 9.59 Å². The second-order valence-electron chi connectivity index (χ2n) is 7.75. The normalized spacial score (nSPS) is 14.3. The molecule has 0 saturated heterocycles. The van der Waals surface area contributed by atoms with Gasteiger partial charge in [-0.1, -0.05) is 43.5 Å². The lowest BCUT2D eigenvalue weighted by atomic mass is 9.98. The van der Waals surface area contributed by atoms with Crippen molar-refractivity contribution in [1.29, 1.82) is 0 Å². The Morgan fingerprint density at radius 2 is 1.97 bits per heavy atom. The van der Waals surface area contributed by atoms with Gasteiger partial charge < -0.3 is 15.0 Å². The number of nitrogens with one attached hydrogen (secondary N) is 2. The predicted molar refractivity (Wildman–Crippen MR) is 113 cm³/mol. The first kappa shape index (κ1) is 21.8. The molecule has 1 heterocycles. The number of amides is 3. The zero-order valence-electron chi connectivity index (χ0n) is 17.6. The minimum Gasteiger partial charge on any atom is -0.374 e. The van der Waals surface area contributed by atoms with Gasteiger partial charge in [-0.15, -0.1) is 5.10 Å². The fraction of sp³-hybridized carbons (Fsp3) is 0.524. The van der Waals surface area contributed by atoms with Gasteiger partial charge in [0.05, 0.1) is 12.7 Å². The van der Waals surface area contributed by atoms with Gasteiger partial charge in [0.1, 0.15) is 12.9 Å². The molecule has 0 aliphatic heterocycles. The summed E-state index contributed by atoms with van der Waals surface area (Å²) in [6, 6.07) is 7.61. The SMILES string of the molecule is CN(C)C(=O)Cn1cnc(NC(=O)NCc2cccc(COC3CCCCC3)c2)n1. The van der Waals surface area contributed by atoms with E-state index in [1.54, 1.807) is 14.1 Å². The van der Waals surface area contributed by atoms with E-state index in [2.05, 4.69) is 20.7 Å². The van der Waals surface area contributed by atoms with E-state index < -0.39 is 6.03 Å². The van der Waals surface area contributed by atoms with Crippen molar-refractivity contribution in [3.05, 3.63) is 41.7 Å². The van der Waals surface area contributed by atoms with E-state index in [-0.39, 0.29) is 18.4 Å². The fourth-order valence-electron chi connectivity index (χ4n) is 3.31. The molecule has 0 bridgehead atoms. The van der Waals surface area contributed by atoms with E-state index in [1.807, 2.05) is 24.3 Å². The van der Waals surface area contributed by atoms with E-state index in [0.717, 1.165) is 24.0 Å². The first-order valence-corrected chi connectivity index (χ1v) is 10.3. The fourth-order valence-corrected chi connectivity index (χ4v) is 3.31. The van der Waals surface area contributed by atoms with Gasteiger partial charge in [-0.05, 0) is 24.0 Å². The molecule has 9 heteroatoms. The highest BCUT2D eigenvalue weighted by molar-refractivity contribution is 5.87. The van der Waals surface area contributed by atoms with Crippen LogP contribution in [-0.4, -0.2) is 51.8 Å². The Hall–Kier alpha value is -2.94. The number of carbonyl (C=O) groups is 2. The molecule has 162 valence electrons. The zero-order chi connectivity index (χ0) is 21.3. The molecule has 2 N–H and O–H groups in total. The molecule has 0 atom stereocenters. The molecular weight excluding hydrogens is 384 g/mol. The van der Waals surface area contributed by atoms with Crippen LogP contribution in [0.3, 0.4) is 0 Å². The number of urea groups is 1. The predicted octanol–water partition coefficient (Wildman–Crippen LogP) is 2.54. The molecule has 1 aliphatic rings. The van der Waals surface area contributed by atoms with Crippen molar-refractivity contribution in [2.24, 2.45) is 0 Å². The number of hydrogen-bond acceptors (Lipinski definition) is 5. The van der Waals surface area contributed by atoms with Crippen LogP contribution in [-0.2, 0) is 29.2 Å². The van der Waals surface area contributed by atoms with Crippen molar-refractivity contribution in [3.63, 3.8) is 0 Å². The molecular formula is C21H30N6O3. The van der Waals surface area contributed by atoms with Crippen molar-refractivity contribution >= 4 is 17.9 Å². The standard InChI is InChI=1S/C21H30N6O3/c1-26(2)19(28)13-27-15-23-20(25-27)24-21(29)22-12-16-7-6-8-17(11-16)14-30-18-9-4-3-5-10-18/h6-8,11,15,18H,3-5,9-10,12-14H2,1-2H3,(H2,22,24,25,29). The number of aromatic nitrogens is 3. The highest BCUT2D eigenvalue weighted by Gasteiger charge is 2.14. The molecule has 0 spiro atoms. The summed E-state index contributed by atoms with van der Waals surface area (Å²) in [6.45, 7) is 1.04. The Morgan fingerprint density at radius 1 is 1.20 bits per heavy atom. The summed E-state index contributed by atoms with van der Waals surface area (Å²) in [7, 11) is 3.34. The Bertz CT molecular complexity index is 845. The molecule has 2 aromatic rings. The quantitative estimate of drug-likeness (QED) is 0.691. The summed E-state index contributed by atoms with van der Waals surface area (Å²) < 4.78 is 7.41. The molecule has 9 nitrogen and oxygen atoms in total. The number of likely N-dealkylation sites (N-methyl/N-ethyl adjacent to an activating group) is 1. The molecule has 1 saturated carbocycles. The van der Waals surface area contributed by atoms with Crippen LogP contribution in [0.2, 0.25) is 0 Å². The molecule has 30 heavy (non-hydrogen) atoms. The molecule has 0 radical (unpaired) electrons. The third-order valence-corrected chi connectivity index (χ3v) is 5.04. The van der Waals surface area contributed by atoms with Gasteiger partial charge in [-0.25, -0.2) is 14.5 Å². The molecule has 1 aliphatic carbocycles. The third-order valence-electron chi connectivity index (χ3n) is 5.04. The van der Waals surface area contributed by atoms with Crippen molar-refractivity contribution in [1.82, 2.24) is 25.0 Å². The Morgan fingerprint density at radius 3 is 2.73 bits per heavy atom. The van der Waals surface area contributed by atoms with Gasteiger partial charge in [0.2, 0.25) is 11.9 Å². The maximum Gasteiger partial charge on any atom is 0.321 e. The van der Waals surface area contributed by atoms with E-state index in [4.69, 9.17) is 4.74 Å². The lowest BCUT2D eigenvalue weighted by Crippen LogP contribution is -2.29. The Kier molecular flexibility index (Phi) is 7.78. The first-order chi connectivity index (χ1) is 14.5. The maximum absolute atomic E-state index is 12.1. The van der Waals surface area contributed by atoms with Crippen molar-refractivity contribution in [2.45, 2.75) is 57.9 Å². The zero-order valence-corrected chi connectivity index (χ0v) is 17.6.